The van der Waals surface area contributed by atoms with Gasteiger partial charge in [-0.05, 0) is 61.6 Å². The molecule has 2 aromatic rings. The van der Waals surface area contributed by atoms with Crippen molar-refractivity contribution in [2.24, 2.45) is 0 Å². The molecule has 0 heterocycles. The van der Waals surface area contributed by atoms with Crippen LogP contribution in [0.1, 0.15) is 29.2 Å². The number of benzene rings is 2. The van der Waals surface area contributed by atoms with Gasteiger partial charge in [-0.2, -0.15) is 0 Å². The molecule has 2 amide bonds. The van der Waals surface area contributed by atoms with Crippen molar-refractivity contribution in [3.8, 4) is 5.75 Å². The van der Waals surface area contributed by atoms with Gasteiger partial charge in [-0.15, -0.1) is 0 Å². The first-order chi connectivity index (χ1) is 11.5. The molecule has 0 saturated carbocycles. The van der Waals surface area contributed by atoms with Crippen LogP contribution in [-0.4, -0.2) is 19.2 Å². The highest BCUT2D eigenvalue weighted by molar-refractivity contribution is 5.89. The smallest absolute Gasteiger partial charge is 0.319 e. The molecule has 0 spiro atoms. The van der Waals surface area contributed by atoms with E-state index in [1.54, 1.807) is 0 Å². The maximum absolute atomic E-state index is 11.9. The van der Waals surface area contributed by atoms with Crippen LogP contribution in [0.5, 0.6) is 5.75 Å². The third kappa shape index (κ3) is 4.75. The van der Waals surface area contributed by atoms with Gasteiger partial charge < -0.3 is 15.4 Å². The van der Waals surface area contributed by atoms with Crippen LogP contribution in [0.15, 0.2) is 36.4 Å². The molecule has 0 atom stereocenters. The fourth-order valence-corrected chi connectivity index (χ4v) is 2.46. The van der Waals surface area contributed by atoms with Gasteiger partial charge in [0.15, 0.2) is 0 Å². The molecule has 0 radical (unpaired) electrons. The number of ether oxygens (including phenoxy) is 1. The average Bonchev–Trinajstić information content (AvgIpc) is 2.58. The number of anilines is 1. The number of hydrogen-bond acceptors (Lipinski definition) is 2. The molecule has 0 bridgehead atoms. The fraction of sp³-hybridized carbons (Fsp3) is 0.350. The Morgan fingerprint density at radius 3 is 2.33 bits per heavy atom. The van der Waals surface area contributed by atoms with Gasteiger partial charge in [0.1, 0.15) is 12.4 Å². The SMILES string of the molecule is CCc1ccc(NC(=O)NCCOc2c(C)ccc(C)c2C)cc1. The molecule has 24 heavy (non-hydrogen) atoms. The molecule has 0 saturated heterocycles. The second kappa shape index (κ2) is 8.39. The summed E-state index contributed by atoms with van der Waals surface area (Å²) in [5.74, 6) is 0.910. The molecule has 0 aromatic heterocycles. The quantitative estimate of drug-likeness (QED) is 0.774. The fourth-order valence-electron chi connectivity index (χ4n) is 2.46. The second-order valence-corrected chi connectivity index (χ2v) is 5.93. The molecule has 0 aliphatic heterocycles. The van der Waals surface area contributed by atoms with Crippen LogP contribution < -0.4 is 15.4 Å². The first-order valence-electron chi connectivity index (χ1n) is 8.34. The van der Waals surface area contributed by atoms with E-state index in [0.717, 1.165) is 29.0 Å². The van der Waals surface area contributed by atoms with E-state index in [4.69, 9.17) is 4.74 Å². The maximum Gasteiger partial charge on any atom is 0.319 e. The van der Waals surface area contributed by atoms with Gasteiger partial charge in [0, 0.05) is 5.69 Å². The second-order valence-electron chi connectivity index (χ2n) is 5.93. The molecule has 128 valence electrons. The Balaban J connectivity index is 1.78. The highest BCUT2D eigenvalue weighted by Crippen LogP contribution is 2.25. The summed E-state index contributed by atoms with van der Waals surface area (Å²) in [7, 11) is 0. The van der Waals surface area contributed by atoms with Crippen LogP contribution in [-0.2, 0) is 6.42 Å². The minimum Gasteiger partial charge on any atom is -0.491 e. The molecule has 0 unspecified atom stereocenters. The van der Waals surface area contributed by atoms with E-state index in [0.29, 0.717) is 13.2 Å². The Morgan fingerprint density at radius 2 is 1.67 bits per heavy atom. The average molecular weight is 326 g/mol. The Labute approximate surface area is 144 Å². The van der Waals surface area contributed by atoms with Crippen LogP contribution in [0.3, 0.4) is 0 Å². The summed E-state index contributed by atoms with van der Waals surface area (Å²) >= 11 is 0. The lowest BCUT2D eigenvalue weighted by atomic mass is 10.1. The van der Waals surface area contributed by atoms with E-state index >= 15 is 0 Å². The summed E-state index contributed by atoms with van der Waals surface area (Å²) in [6, 6.07) is 11.8. The lowest BCUT2D eigenvalue weighted by Crippen LogP contribution is -2.32. The van der Waals surface area contributed by atoms with Crippen molar-refractivity contribution in [1.82, 2.24) is 5.32 Å². The van der Waals surface area contributed by atoms with Crippen LogP contribution in [0.25, 0.3) is 0 Å². The zero-order valence-electron chi connectivity index (χ0n) is 14.9. The summed E-state index contributed by atoms with van der Waals surface area (Å²) in [6.07, 6.45) is 0.988. The molecular weight excluding hydrogens is 300 g/mol. The van der Waals surface area contributed by atoms with Crippen LogP contribution in [0.2, 0.25) is 0 Å². The number of amides is 2. The molecule has 2 aromatic carbocycles. The summed E-state index contributed by atoms with van der Waals surface area (Å²) in [4.78, 5) is 11.9. The zero-order valence-corrected chi connectivity index (χ0v) is 14.9. The van der Waals surface area contributed by atoms with Crippen molar-refractivity contribution < 1.29 is 9.53 Å². The Morgan fingerprint density at radius 1 is 1.00 bits per heavy atom. The van der Waals surface area contributed by atoms with Gasteiger partial charge in [0.2, 0.25) is 0 Å². The van der Waals surface area contributed by atoms with E-state index < -0.39 is 0 Å². The topological polar surface area (TPSA) is 50.4 Å². The molecule has 0 aliphatic carbocycles. The van der Waals surface area contributed by atoms with Crippen molar-refractivity contribution in [2.75, 3.05) is 18.5 Å². The highest BCUT2D eigenvalue weighted by Gasteiger charge is 2.07. The first kappa shape index (κ1) is 17.9. The third-order valence-corrected chi connectivity index (χ3v) is 4.13. The molecule has 0 fully saturated rings. The maximum atomic E-state index is 11.9. The number of rotatable bonds is 6. The standard InChI is InChI=1S/C20H26N2O2/c1-5-17-8-10-18(11-9-17)22-20(23)21-12-13-24-19-15(3)7-6-14(2)16(19)4/h6-11H,5,12-13H2,1-4H3,(H2,21,22,23). The minimum atomic E-state index is -0.222. The third-order valence-electron chi connectivity index (χ3n) is 4.13. The largest absolute Gasteiger partial charge is 0.491 e. The lowest BCUT2D eigenvalue weighted by molar-refractivity contribution is 0.247. The van der Waals surface area contributed by atoms with Gasteiger partial charge in [0.05, 0.1) is 6.54 Å². The van der Waals surface area contributed by atoms with Gasteiger partial charge in [-0.3, -0.25) is 0 Å². The van der Waals surface area contributed by atoms with E-state index in [9.17, 15) is 4.79 Å². The summed E-state index contributed by atoms with van der Waals surface area (Å²) in [5, 5.41) is 5.63. The number of nitrogens with one attached hydrogen (secondary N) is 2. The van der Waals surface area contributed by atoms with Crippen molar-refractivity contribution in [2.45, 2.75) is 34.1 Å². The van der Waals surface area contributed by atoms with Crippen molar-refractivity contribution in [3.05, 3.63) is 58.7 Å². The number of aryl methyl sites for hydroxylation is 3. The van der Waals surface area contributed by atoms with Crippen LogP contribution in [0, 0.1) is 20.8 Å². The predicted molar refractivity (Wildman–Crippen MR) is 99.0 cm³/mol. The van der Waals surface area contributed by atoms with Crippen LogP contribution >= 0.6 is 0 Å². The molecule has 4 nitrogen and oxygen atoms in total. The van der Waals surface area contributed by atoms with Crippen molar-refractivity contribution >= 4 is 11.7 Å². The number of carbonyl (C=O) groups excluding carboxylic acids is 1. The van der Waals surface area contributed by atoms with Gasteiger partial charge in [-0.25, -0.2) is 4.79 Å². The van der Waals surface area contributed by atoms with Crippen molar-refractivity contribution in [3.63, 3.8) is 0 Å². The Hall–Kier alpha value is -2.49. The van der Waals surface area contributed by atoms with Gasteiger partial charge in [-0.1, -0.05) is 31.2 Å². The first-order valence-corrected chi connectivity index (χ1v) is 8.34. The molecule has 4 heteroatoms. The summed E-state index contributed by atoms with van der Waals surface area (Å²) in [6.45, 7) is 9.14. The van der Waals surface area contributed by atoms with E-state index in [1.165, 1.54) is 11.1 Å². The van der Waals surface area contributed by atoms with E-state index in [-0.39, 0.29) is 6.03 Å². The highest BCUT2D eigenvalue weighted by atomic mass is 16.5. The lowest BCUT2D eigenvalue weighted by Gasteiger charge is -2.14. The Kier molecular flexibility index (Phi) is 6.24. The van der Waals surface area contributed by atoms with Gasteiger partial charge >= 0.3 is 6.03 Å². The van der Waals surface area contributed by atoms with E-state index in [2.05, 4.69) is 43.5 Å². The molecular formula is C20H26N2O2. The molecule has 2 N–H and O–H groups in total. The van der Waals surface area contributed by atoms with E-state index in [1.807, 2.05) is 31.2 Å². The van der Waals surface area contributed by atoms with Gasteiger partial charge in [0.25, 0.3) is 0 Å². The number of hydrogen-bond donors (Lipinski definition) is 2. The summed E-state index contributed by atoms with van der Waals surface area (Å²) in [5.41, 5.74) is 5.50. The van der Waals surface area contributed by atoms with Crippen LogP contribution in [0.4, 0.5) is 10.5 Å². The predicted octanol–water partition coefficient (Wildman–Crippen LogP) is 4.37. The molecule has 2 rings (SSSR count). The molecule has 0 aliphatic rings. The zero-order chi connectivity index (χ0) is 17.5. The monoisotopic (exact) mass is 326 g/mol. The number of carbonyl (C=O) groups is 1. The summed E-state index contributed by atoms with van der Waals surface area (Å²) < 4.78 is 5.84. The Bertz CT molecular complexity index is 694. The normalized spacial score (nSPS) is 10.3. The number of urea groups is 1. The minimum absolute atomic E-state index is 0.222. The van der Waals surface area contributed by atoms with Crippen molar-refractivity contribution in [1.29, 1.82) is 0 Å².